The molecule has 0 aliphatic rings. The average Bonchev–Trinajstić information content (AvgIpc) is 2.78. The molecule has 0 saturated carbocycles. The average molecular weight is 216 g/mol. The van der Waals surface area contributed by atoms with Gasteiger partial charge in [-0.15, -0.1) is 0 Å². The van der Waals surface area contributed by atoms with Gasteiger partial charge in [-0.25, -0.2) is 9.97 Å². The van der Waals surface area contributed by atoms with E-state index in [0.29, 0.717) is 11.7 Å². The Hall–Kier alpha value is -1.84. The number of anilines is 1. The lowest BCUT2D eigenvalue weighted by molar-refractivity contribution is 0.689. The van der Waals surface area contributed by atoms with Crippen LogP contribution in [0.5, 0.6) is 0 Å². The zero-order valence-electron chi connectivity index (χ0n) is 9.59. The van der Waals surface area contributed by atoms with E-state index in [1.165, 1.54) is 5.69 Å². The molecule has 2 rings (SSSR count). The maximum absolute atomic E-state index is 5.57. The van der Waals surface area contributed by atoms with Crippen LogP contribution in [0.3, 0.4) is 0 Å². The maximum Gasteiger partial charge on any atom is 0.123 e. The van der Waals surface area contributed by atoms with Gasteiger partial charge in [0, 0.05) is 11.9 Å². The van der Waals surface area contributed by atoms with E-state index in [2.05, 4.69) is 28.4 Å². The molecule has 0 aliphatic heterocycles. The van der Waals surface area contributed by atoms with Crippen LogP contribution < -0.4 is 5.73 Å². The molecule has 16 heavy (non-hydrogen) atoms. The molecule has 0 aromatic carbocycles. The van der Waals surface area contributed by atoms with Crippen LogP contribution in [0.2, 0.25) is 0 Å². The van der Waals surface area contributed by atoms with Crippen LogP contribution in [0.4, 0.5) is 5.82 Å². The van der Waals surface area contributed by atoms with Crippen molar-refractivity contribution in [2.45, 2.75) is 26.2 Å². The number of imidazole rings is 1. The molecule has 0 spiro atoms. The molecule has 2 N–H and O–H groups in total. The summed E-state index contributed by atoms with van der Waals surface area (Å²) in [7, 11) is 0. The molecule has 0 fully saturated rings. The van der Waals surface area contributed by atoms with Crippen LogP contribution in [0.25, 0.3) is 5.69 Å². The van der Waals surface area contributed by atoms with Crippen molar-refractivity contribution < 1.29 is 0 Å². The second-order valence-corrected chi connectivity index (χ2v) is 3.94. The van der Waals surface area contributed by atoms with E-state index < -0.39 is 0 Å². The fourth-order valence-corrected chi connectivity index (χ4v) is 1.63. The third-order valence-corrected chi connectivity index (χ3v) is 2.83. The molecule has 4 nitrogen and oxygen atoms in total. The van der Waals surface area contributed by atoms with Crippen LogP contribution in [0, 0.1) is 0 Å². The second kappa shape index (κ2) is 4.35. The predicted molar refractivity (Wildman–Crippen MR) is 64.5 cm³/mol. The molecule has 0 radical (unpaired) electrons. The fraction of sp³-hybridized carbons (Fsp3) is 0.333. The first-order valence-corrected chi connectivity index (χ1v) is 5.46. The van der Waals surface area contributed by atoms with Crippen LogP contribution in [0.1, 0.15) is 31.9 Å². The van der Waals surface area contributed by atoms with Crippen molar-refractivity contribution in [2.24, 2.45) is 0 Å². The Bertz CT molecular complexity index is 458. The summed E-state index contributed by atoms with van der Waals surface area (Å²) in [6.45, 7) is 4.36. The summed E-state index contributed by atoms with van der Waals surface area (Å²) in [4.78, 5) is 8.28. The molecular weight excluding hydrogens is 200 g/mol. The van der Waals surface area contributed by atoms with Gasteiger partial charge in [-0.1, -0.05) is 13.8 Å². The Balaban J connectivity index is 2.40. The van der Waals surface area contributed by atoms with E-state index in [1.54, 1.807) is 12.3 Å². The number of hydrogen-bond donors (Lipinski definition) is 1. The quantitative estimate of drug-likeness (QED) is 0.856. The SMILES string of the molecule is CCC(C)c1cncn1-c1ccc(N)nc1. The number of hydrogen-bond acceptors (Lipinski definition) is 3. The first-order chi connectivity index (χ1) is 7.72. The van der Waals surface area contributed by atoms with Gasteiger partial charge in [0.2, 0.25) is 0 Å². The van der Waals surface area contributed by atoms with Crippen LogP contribution in [-0.2, 0) is 0 Å². The number of nitrogen functional groups attached to an aromatic ring is 1. The summed E-state index contributed by atoms with van der Waals surface area (Å²) in [5, 5.41) is 0. The van der Waals surface area contributed by atoms with Crippen molar-refractivity contribution in [3.8, 4) is 5.69 Å². The number of rotatable bonds is 3. The lowest BCUT2D eigenvalue weighted by Gasteiger charge is -2.12. The van der Waals surface area contributed by atoms with E-state index in [0.717, 1.165) is 12.1 Å². The third kappa shape index (κ3) is 1.91. The third-order valence-electron chi connectivity index (χ3n) is 2.83. The molecule has 1 atom stereocenters. The lowest BCUT2D eigenvalue weighted by atomic mass is 10.1. The first-order valence-electron chi connectivity index (χ1n) is 5.46. The van der Waals surface area contributed by atoms with Crippen LogP contribution in [-0.4, -0.2) is 14.5 Å². The van der Waals surface area contributed by atoms with Crippen molar-refractivity contribution in [1.29, 1.82) is 0 Å². The van der Waals surface area contributed by atoms with Gasteiger partial charge < -0.3 is 10.3 Å². The topological polar surface area (TPSA) is 56.7 Å². The van der Waals surface area contributed by atoms with E-state index >= 15 is 0 Å². The van der Waals surface area contributed by atoms with Gasteiger partial charge in [-0.3, -0.25) is 0 Å². The summed E-state index contributed by atoms with van der Waals surface area (Å²) >= 11 is 0. The van der Waals surface area contributed by atoms with Crippen LogP contribution >= 0.6 is 0 Å². The van der Waals surface area contributed by atoms with E-state index in [9.17, 15) is 0 Å². The standard InChI is InChI=1S/C12H16N4/c1-3-9(2)11-7-14-8-16(11)10-4-5-12(13)15-6-10/h4-9H,3H2,1-2H3,(H2,13,15). The molecule has 0 bridgehead atoms. The smallest absolute Gasteiger partial charge is 0.123 e. The van der Waals surface area contributed by atoms with E-state index in [1.807, 2.05) is 18.6 Å². The second-order valence-electron chi connectivity index (χ2n) is 3.94. The highest BCUT2D eigenvalue weighted by molar-refractivity contribution is 5.38. The zero-order valence-corrected chi connectivity index (χ0v) is 9.59. The summed E-state index contributed by atoms with van der Waals surface area (Å²) in [6, 6.07) is 3.76. The Morgan fingerprint density at radius 1 is 1.38 bits per heavy atom. The monoisotopic (exact) mass is 216 g/mol. The molecule has 0 saturated heterocycles. The molecular formula is C12H16N4. The number of nitrogens with two attached hydrogens (primary N) is 1. The van der Waals surface area contributed by atoms with Gasteiger partial charge >= 0.3 is 0 Å². The Labute approximate surface area is 95.1 Å². The fourth-order valence-electron chi connectivity index (χ4n) is 1.63. The van der Waals surface area contributed by atoms with Gasteiger partial charge in [-0.2, -0.15) is 0 Å². The summed E-state index contributed by atoms with van der Waals surface area (Å²) in [6.07, 6.45) is 6.58. The van der Waals surface area contributed by atoms with Gasteiger partial charge in [0.15, 0.2) is 0 Å². The highest BCUT2D eigenvalue weighted by atomic mass is 15.1. The maximum atomic E-state index is 5.57. The van der Waals surface area contributed by atoms with Crippen molar-refractivity contribution >= 4 is 5.82 Å². The van der Waals surface area contributed by atoms with Crippen molar-refractivity contribution in [3.05, 3.63) is 36.5 Å². The van der Waals surface area contributed by atoms with Gasteiger partial charge in [-0.05, 0) is 24.5 Å². The first kappa shape index (κ1) is 10.7. The minimum Gasteiger partial charge on any atom is -0.384 e. The number of aromatic nitrogens is 3. The van der Waals surface area contributed by atoms with Gasteiger partial charge in [0.25, 0.3) is 0 Å². The molecule has 2 aromatic rings. The van der Waals surface area contributed by atoms with E-state index in [-0.39, 0.29) is 0 Å². The number of nitrogens with zero attached hydrogens (tertiary/aromatic N) is 3. The zero-order chi connectivity index (χ0) is 11.5. The number of pyridine rings is 1. The largest absolute Gasteiger partial charge is 0.384 e. The summed E-state index contributed by atoms with van der Waals surface area (Å²) < 4.78 is 2.06. The molecule has 0 amide bonds. The van der Waals surface area contributed by atoms with E-state index in [4.69, 9.17) is 5.73 Å². The van der Waals surface area contributed by atoms with Crippen molar-refractivity contribution in [1.82, 2.24) is 14.5 Å². The Morgan fingerprint density at radius 2 is 2.19 bits per heavy atom. The van der Waals surface area contributed by atoms with Crippen molar-refractivity contribution in [3.63, 3.8) is 0 Å². The van der Waals surface area contributed by atoms with Crippen LogP contribution in [0.15, 0.2) is 30.9 Å². The molecule has 2 aromatic heterocycles. The Kier molecular flexibility index (Phi) is 2.90. The van der Waals surface area contributed by atoms with Gasteiger partial charge in [0.1, 0.15) is 5.82 Å². The summed E-state index contributed by atoms with van der Waals surface area (Å²) in [5.41, 5.74) is 7.77. The Morgan fingerprint density at radius 3 is 2.81 bits per heavy atom. The molecule has 4 heteroatoms. The highest BCUT2D eigenvalue weighted by Gasteiger charge is 2.10. The predicted octanol–water partition coefficient (Wildman–Crippen LogP) is 2.36. The summed E-state index contributed by atoms with van der Waals surface area (Å²) in [5.74, 6) is 1.02. The molecule has 0 aliphatic carbocycles. The minimum absolute atomic E-state index is 0.486. The van der Waals surface area contributed by atoms with Crippen molar-refractivity contribution in [2.75, 3.05) is 5.73 Å². The lowest BCUT2D eigenvalue weighted by Crippen LogP contribution is -2.03. The molecule has 1 unspecified atom stereocenters. The normalized spacial score (nSPS) is 12.6. The molecule has 2 heterocycles. The minimum atomic E-state index is 0.486. The van der Waals surface area contributed by atoms with Gasteiger partial charge in [0.05, 0.1) is 18.2 Å². The highest BCUT2D eigenvalue weighted by Crippen LogP contribution is 2.21. The molecule has 84 valence electrons.